The molecule has 3 heterocycles. The minimum atomic E-state index is -2.91. The third-order valence-electron chi connectivity index (χ3n) is 6.49. The number of hydrogen-bond acceptors (Lipinski definition) is 7. The number of likely N-dealkylation sites (N-methyl/N-ethyl adjacent to an activating group) is 1. The molecule has 0 bridgehead atoms. The SMILES string of the molecule is C[C@@H](Nc1ncnc2nc(OC3CN(C)C3)c(C3(C#N)CC3)cc12)c1cccc(C(F)F)c1F. The van der Waals surface area contributed by atoms with Gasteiger partial charge >= 0.3 is 0 Å². The second-order valence-electron chi connectivity index (χ2n) is 9.01. The average Bonchev–Trinajstić information content (AvgIpc) is 3.59. The predicted molar refractivity (Wildman–Crippen MR) is 119 cm³/mol. The molecule has 10 heteroatoms. The number of nitrogens with one attached hydrogen (secondary N) is 1. The minimum absolute atomic E-state index is 0.00673. The molecule has 34 heavy (non-hydrogen) atoms. The van der Waals surface area contributed by atoms with E-state index in [2.05, 4.69) is 31.2 Å². The van der Waals surface area contributed by atoms with E-state index in [1.54, 1.807) is 6.92 Å². The molecular formula is C24H23F3N6O. The van der Waals surface area contributed by atoms with E-state index in [1.165, 1.54) is 18.5 Å². The van der Waals surface area contributed by atoms with Gasteiger partial charge in [-0.3, -0.25) is 4.90 Å². The lowest BCUT2D eigenvalue weighted by atomic mass is 9.97. The molecule has 1 atom stereocenters. The number of likely N-dealkylation sites (tertiary alicyclic amines) is 1. The van der Waals surface area contributed by atoms with Gasteiger partial charge in [-0.1, -0.05) is 18.2 Å². The molecule has 1 aliphatic heterocycles. The molecule has 0 spiro atoms. The number of fused-ring (bicyclic) bond motifs is 1. The summed E-state index contributed by atoms with van der Waals surface area (Å²) in [5.41, 5.74) is -0.152. The zero-order valence-corrected chi connectivity index (χ0v) is 18.7. The van der Waals surface area contributed by atoms with Crippen molar-refractivity contribution in [1.82, 2.24) is 19.9 Å². The molecule has 0 amide bonds. The van der Waals surface area contributed by atoms with E-state index >= 15 is 0 Å². The first-order valence-electron chi connectivity index (χ1n) is 11.1. The molecule has 0 radical (unpaired) electrons. The normalized spacial score (nSPS) is 18.4. The van der Waals surface area contributed by atoms with Crippen LogP contribution in [0.2, 0.25) is 0 Å². The van der Waals surface area contributed by atoms with Crippen LogP contribution in [0, 0.1) is 17.1 Å². The van der Waals surface area contributed by atoms with Crippen molar-refractivity contribution in [3.63, 3.8) is 0 Å². The Balaban J connectivity index is 1.52. The fraction of sp³-hybridized carbons (Fsp3) is 0.417. The standard InChI is InChI=1S/C24H23F3N6O/c1-13(15-4-3-5-16(19(15)25)20(26)27)31-21-17-8-18(24(11-28)6-7-24)23(32-22(17)30-12-29-21)34-14-9-33(2)10-14/h3-5,8,12-14,20H,6-7,9-10H2,1-2H3,(H,29,30,31,32)/t13-/m1/s1. The van der Waals surface area contributed by atoms with E-state index in [1.807, 2.05) is 13.1 Å². The Morgan fingerprint density at radius 1 is 1.24 bits per heavy atom. The van der Waals surface area contributed by atoms with Crippen LogP contribution in [0.4, 0.5) is 19.0 Å². The van der Waals surface area contributed by atoms with E-state index in [0.29, 0.717) is 41.1 Å². The summed E-state index contributed by atoms with van der Waals surface area (Å²) in [5, 5.41) is 13.5. The maximum atomic E-state index is 14.7. The van der Waals surface area contributed by atoms with Gasteiger partial charge in [0.1, 0.15) is 24.1 Å². The van der Waals surface area contributed by atoms with Gasteiger partial charge in [-0.25, -0.2) is 23.1 Å². The zero-order valence-electron chi connectivity index (χ0n) is 18.7. The molecule has 176 valence electrons. The average molecular weight is 468 g/mol. The second kappa shape index (κ2) is 8.40. The van der Waals surface area contributed by atoms with Crippen molar-refractivity contribution in [3.05, 3.63) is 53.1 Å². The summed E-state index contributed by atoms with van der Waals surface area (Å²) in [5.74, 6) is -0.174. The van der Waals surface area contributed by atoms with Gasteiger partial charge in [0.15, 0.2) is 5.65 Å². The van der Waals surface area contributed by atoms with Crippen molar-refractivity contribution >= 4 is 16.9 Å². The second-order valence-corrected chi connectivity index (χ2v) is 9.01. The quantitative estimate of drug-likeness (QED) is 0.545. The number of alkyl halides is 2. The minimum Gasteiger partial charge on any atom is -0.471 e. The van der Waals surface area contributed by atoms with Crippen molar-refractivity contribution in [3.8, 4) is 11.9 Å². The third kappa shape index (κ3) is 3.90. The van der Waals surface area contributed by atoms with Crippen LogP contribution in [0.3, 0.4) is 0 Å². The van der Waals surface area contributed by atoms with Gasteiger partial charge in [-0.15, -0.1) is 0 Å². The number of halogens is 3. The summed E-state index contributed by atoms with van der Waals surface area (Å²) < 4.78 is 47.1. The van der Waals surface area contributed by atoms with Crippen LogP contribution < -0.4 is 10.1 Å². The number of hydrogen-bond donors (Lipinski definition) is 1. The van der Waals surface area contributed by atoms with Crippen molar-refractivity contribution in [2.24, 2.45) is 0 Å². The molecule has 1 saturated carbocycles. The van der Waals surface area contributed by atoms with Gasteiger partial charge in [0.05, 0.1) is 28.5 Å². The molecule has 1 N–H and O–H groups in total. The summed E-state index contributed by atoms with van der Waals surface area (Å²) in [4.78, 5) is 15.3. The lowest BCUT2D eigenvalue weighted by Gasteiger charge is -2.36. The molecule has 5 rings (SSSR count). The summed E-state index contributed by atoms with van der Waals surface area (Å²) in [6, 6.07) is 7.49. The van der Waals surface area contributed by atoms with Crippen LogP contribution in [0.5, 0.6) is 5.88 Å². The molecule has 1 aliphatic carbocycles. The summed E-state index contributed by atoms with van der Waals surface area (Å²) in [6.07, 6.45) is -0.179. The number of aromatic nitrogens is 3. The predicted octanol–water partition coefficient (Wildman–Crippen LogP) is 4.52. The Bertz CT molecular complexity index is 1280. The summed E-state index contributed by atoms with van der Waals surface area (Å²) >= 11 is 0. The number of ether oxygens (including phenoxy) is 1. The van der Waals surface area contributed by atoms with Crippen LogP contribution in [0.15, 0.2) is 30.6 Å². The molecule has 7 nitrogen and oxygen atoms in total. The number of nitrogens with zero attached hydrogens (tertiary/aromatic N) is 5. The number of pyridine rings is 1. The molecule has 2 aromatic heterocycles. The highest BCUT2D eigenvalue weighted by Crippen LogP contribution is 2.51. The number of rotatable bonds is 7. The molecule has 1 saturated heterocycles. The number of anilines is 1. The number of benzene rings is 1. The first kappa shape index (κ1) is 22.3. The Morgan fingerprint density at radius 3 is 2.62 bits per heavy atom. The maximum absolute atomic E-state index is 14.7. The highest BCUT2D eigenvalue weighted by molar-refractivity contribution is 5.88. The molecular weight excluding hydrogens is 445 g/mol. The van der Waals surface area contributed by atoms with Gasteiger partial charge in [0.2, 0.25) is 5.88 Å². The van der Waals surface area contributed by atoms with Gasteiger partial charge in [0, 0.05) is 24.2 Å². The van der Waals surface area contributed by atoms with Gasteiger partial charge in [-0.2, -0.15) is 10.2 Å². The van der Waals surface area contributed by atoms with Crippen molar-refractivity contribution < 1.29 is 17.9 Å². The first-order valence-corrected chi connectivity index (χ1v) is 11.1. The topological polar surface area (TPSA) is 87.0 Å². The van der Waals surface area contributed by atoms with E-state index in [4.69, 9.17) is 4.74 Å². The lowest BCUT2D eigenvalue weighted by Crippen LogP contribution is -2.51. The van der Waals surface area contributed by atoms with Crippen LogP contribution in [0.25, 0.3) is 11.0 Å². The van der Waals surface area contributed by atoms with E-state index in [0.717, 1.165) is 19.2 Å². The Hall–Kier alpha value is -3.45. The van der Waals surface area contributed by atoms with E-state index < -0.39 is 29.3 Å². The molecule has 0 unspecified atom stereocenters. The van der Waals surface area contributed by atoms with Crippen LogP contribution in [-0.2, 0) is 5.41 Å². The number of nitriles is 1. The Labute approximate surface area is 194 Å². The van der Waals surface area contributed by atoms with Crippen molar-refractivity contribution in [2.75, 3.05) is 25.5 Å². The van der Waals surface area contributed by atoms with Gasteiger partial charge in [0.25, 0.3) is 6.43 Å². The third-order valence-corrected chi connectivity index (χ3v) is 6.49. The maximum Gasteiger partial charge on any atom is 0.266 e. The van der Waals surface area contributed by atoms with Gasteiger partial charge < -0.3 is 10.1 Å². The highest BCUT2D eigenvalue weighted by Gasteiger charge is 2.48. The lowest BCUT2D eigenvalue weighted by molar-refractivity contribution is 0.0348. The monoisotopic (exact) mass is 468 g/mol. The van der Waals surface area contributed by atoms with Crippen molar-refractivity contribution in [1.29, 1.82) is 5.26 Å². The zero-order chi connectivity index (χ0) is 24.0. The molecule has 2 fully saturated rings. The smallest absolute Gasteiger partial charge is 0.266 e. The largest absolute Gasteiger partial charge is 0.471 e. The molecule has 3 aromatic rings. The Kier molecular flexibility index (Phi) is 5.52. The van der Waals surface area contributed by atoms with Crippen LogP contribution in [0.1, 0.15) is 48.9 Å². The van der Waals surface area contributed by atoms with Crippen LogP contribution >= 0.6 is 0 Å². The van der Waals surface area contributed by atoms with Crippen LogP contribution in [-0.4, -0.2) is 46.1 Å². The van der Waals surface area contributed by atoms with Gasteiger partial charge in [-0.05, 0) is 32.9 Å². The van der Waals surface area contributed by atoms with E-state index in [9.17, 15) is 18.4 Å². The van der Waals surface area contributed by atoms with E-state index in [-0.39, 0.29) is 11.7 Å². The first-order chi connectivity index (χ1) is 16.3. The highest BCUT2D eigenvalue weighted by atomic mass is 19.3. The molecule has 1 aromatic carbocycles. The Morgan fingerprint density at radius 2 is 1.97 bits per heavy atom. The summed E-state index contributed by atoms with van der Waals surface area (Å²) in [6.45, 7) is 3.21. The fourth-order valence-corrected chi connectivity index (χ4v) is 4.31. The summed E-state index contributed by atoms with van der Waals surface area (Å²) in [7, 11) is 2.00. The fourth-order valence-electron chi connectivity index (χ4n) is 4.31. The van der Waals surface area contributed by atoms with Crippen molar-refractivity contribution in [2.45, 2.75) is 43.8 Å². The molecule has 2 aliphatic rings.